The van der Waals surface area contributed by atoms with E-state index in [1.165, 1.54) is 6.07 Å². The highest BCUT2D eigenvalue weighted by atomic mass is 19.1. The summed E-state index contributed by atoms with van der Waals surface area (Å²) >= 11 is 0. The second-order valence-electron chi connectivity index (χ2n) is 2.62. The van der Waals surface area contributed by atoms with Crippen molar-refractivity contribution in [2.75, 3.05) is 6.54 Å². The first-order valence-corrected chi connectivity index (χ1v) is 3.86. The van der Waals surface area contributed by atoms with Crippen molar-refractivity contribution in [3.8, 4) is 0 Å². The number of hydrogen-bond donors (Lipinski definition) is 2. The van der Waals surface area contributed by atoms with Gasteiger partial charge in [0.25, 0.3) is 0 Å². The van der Waals surface area contributed by atoms with E-state index in [4.69, 9.17) is 10.8 Å². The van der Waals surface area contributed by atoms with Crippen molar-refractivity contribution in [2.24, 2.45) is 5.73 Å². The molecule has 0 aliphatic rings. The maximum absolute atomic E-state index is 12.8. The predicted octanol–water partition coefficient (Wildman–Crippen LogP) is 0.819. The highest BCUT2D eigenvalue weighted by Crippen LogP contribution is 2.10. The lowest BCUT2D eigenvalue weighted by Gasteiger charge is -2.02. The van der Waals surface area contributed by atoms with Gasteiger partial charge >= 0.3 is 0 Å². The molecule has 3 heteroatoms. The molecule has 0 aromatic heterocycles. The first-order chi connectivity index (χ1) is 5.77. The molecule has 3 N–H and O–H groups in total. The molecule has 66 valence electrons. The molecule has 0 spiro atoms. The molecule has 0 unspecified atom stereocenters. The molecule has 0 atom stereocenters. The third-order valence-corrected chi connectivity index (χ3v) is 1.71. The van der Waals surface area contributed by atoms with Crippen LogP contribution in [0, 0.1) is 5.82 Å². The van der Waals surface area contributed by atoms with Crippen molar-refractivity contribution < 1.29 is 9.50 Å². The lowest BCUT2D eigenvalue weighted by molar-refractivity contribution is 0.275. The van der Waals surface area contributed by atoms with Gasteiger partial charge in [-0.05, 0) is 24.6 Å². The van der Waals surface area contributed by atoms with Gasteiger partial charge < -0.3 is 10.8 Å². The third-order valence-electron chi connectivity index (χ3n) is 1.71. The normalized spacial score (nSPS) is 10.2. The van der Waals surface area contributed by atoms with Crippen molar-refractivity contribution >= 4 is 0 Å². The SMILES string of the molecule is NCCc1ccc(F)c(CO)c1. The molecule has 2 nitrogen and oxygen atoms in total. The number of hydrogen-bond acceptors (Lipinski definition) is 2. The van der Waals surface area contributed by atoms with Crippen LogP contribution in [-0.4, -0.2) is 11.7 Å². The van der Waals surface area contributed by atoms with Crippen molar-refractivity contribution in [3.63, 3.8) is 0 Å². The van der Waals surface area contributed by atoms with Crippen LogP contribution >= 0.6 is 0 Å². The van der Waals surface area contributed by atoms with Crippen LogP contribution < -0.4 is 5.73 Å². The van der Waals surface area contributed by atoms with Gasteiger partial charge in [-0.15, -0.1) is 0 Å². The Morgan fingerprint density at radius 1 is 1.42 bits per heavy atom. The highest BCUT2D eigenvalue weighted by Gasteiger charge is 2.01. The summed E-state index contributed by atoms with van der Waals surface area (Å²) in [6.07, 6.45) is 0.716. The molecule has 12 heavy (non-hydrogen) atoms. The number of nitrogens with two attached hydrogens (primary N) is 1. The highest BCUT2D eigenvalue weighted by molar-refractivity contribution is 5.24. The van der Waals surface area contributed by atoms with Crippen LogP contribution in [0.25, 0.3) is 0 Å². The van der Waals surface area contributed by atoms with E-state index in [0.29, 0.717) is 18.5 Å². The molecule has 0 heterocycles. The van der Waals surface area contributed by atoms with Gasteiger partial charge in [0, 0.05) is 5.56 Å². The molecular formula is C9H12FNO. The molecule has 1 aromatic carbocycles. The van der Waals surface area contributed by atoms with Gasteiger partial charge in [0.1, 0.15) is 5.82 Å². The molecule has 0 saturated carbocycles. The number of rotatable bonds is 3. The number of aliphatic hydroxyl groups excluding tert-OH is 1. The summed E-state index contributed by atoms with van der Waals surface area (Å²) in [5.74, 6) is -0.363. The monoisotopic (exact) mass is 169 g/mol. The fourth-order valence-corrected chi connectivity index (χ4v) is 1.07. The van der Waals surface area contributed by atoms with Crippen LogP contribution in [0.1, 0.15) is 11.1 Å². The van der Waals surface area contributed by atoms with Crippen molar-refractivity contribution in [3.05, 3.63) is 35.1 Å². The zero-order valence-electron chi connectivity index (χ0n) is 6.76. The molecule has 0 amide bonds. The summed E-state index contributed by atoms with van der Waals surface area (Å²) in [5.41, 5.74) is 6.63. The summed E-state index contributed by atoms with van der Waals surface area (Å²) in [6, 6.07) is 4.68. The van der Waals surface area contributed by atoms with Gasteiger partial charge in [0.05, 0.1) is 6.61 Å². The standard InChI is InChI=1S/C9H12FNO/c10-9-2-1-7(3-4-11)5-8(9)6-12/h1-2,5,12H,3-4,6,11H2. The summed E-state index contributed by atoms with van der Waals surface area (Å²) < 4.78 is 12.8. The Kier molecular flexibility index (Phi) is 3.19. The van der Waals surface area contributed by atoms with Gasteiger partial charge in [-0.25, -0.2) is 4.39 Å². The second-order valence-corrected chi connectivity index (χ2v) is 2.62. The van der Waals surface area contributed by atoms with Crippen molar-refractivity contribution in [2.45, 2.75) is 13.0 Å². The molecule has 1 aromatic rings. The second kappa shape index (κ2) is 4.18. The van der Waals surface area contributed by atoms with Crippen LogP contribution in [0.5, 0.6) is 0 Å². The molecular weight excluding hydrogens is 157 g/mol. The van der Waals surface area contributed by atoms with Crippen LogP contribution in [0.2, 0.25) is 0 Å². The Morgan fingerprint density at radius 3 is 2.75 bits per heavy atom. The van der Waals surface area contributed by atoms with E-state index in [9.17, 15) is 4.39 Å². The fourth-order valence-electron chi connectivity index (χ4n) is 1.07. The summed E-state index contributed by atoms with van der Waals surface area (Å²) in [6.45, 7) is 0.279. The molecule has 1 rings (SSSR count). The minimum absolute atomic E-state index is 0.260. The Hall–Kier alpha value is -0.930. The molecule has 0 radical (unpaired) electrons. The van der Waals surface area contributed by atoms with Gasteiger partial charge in [-0.1, -0.05) is 12.1 Å². The van der Waals surface area contributed by atoms with Gasteiger partial charge in [0.2, 0.25) is 0 Å². The van der Waals surface area contributed by atoms with E-state index < -0.39 is 0 Å². The minimum Gasteiger partial charge on any atom is -0.392 e. The summed E-state index contributed by atoms with van der Waals surface area (Å²) in [4.78, 5) is 0. The van der Waals surface area contributed by atoms with Crippen LogP contribution in [0.15, 0.2) is 18.2 Å². The van der Waals surface area contributed by atoms with E-state index in [1.807, 2.05) is 0 Å². The quantitative estimate of drug-likeness (QED) is 0.703. The Labute approximate surface area is 70.8 Å². The lowest BCUT2D eigenvalue weighted by atomic mass is 10.1. The molecule has 0 fully saturated rings. The third kappa shape index (κ3) is 2.03. The minimum atomic E-state index is -0.363. The Bertz CT molecular complexity index is 263. The molecule has 0 saturated heterocycles. The number of aliphatic hydroxyl groups is 1. The van der Waals surface area contributed by atoms with Crippen LogP contribution in [-0.2, 0) is 13.0 Å². The largest absolute Gasteiger partial charge is 0.392 e. The van der Waals surface area contributed by atoms with Crippen molar-refractivity contribution in [1.29, 1.82) is 0 Å². The average molecular weight is 169 g/mol. The van der Waals surface area contributed by atoms with Crippen molar-refractivity contribution in [1.82, 2.24) is 0 Å². The van der Waals surface area contributed by atoms with E-state index >= 15 is 0 Å². The van der Waals surface area contributed by atoms with Gasteiger partial charge in [0.15, 0.2) is 0 Å². The fraction of sp³-hybridized carbons (Fsp3) is 0.333. The Morgan fingerprint density at radius 2 is 2.17 bits per heavy atom. The smallest absolute Gasteiger partial charge is 0.128 e. The topological polar surface area (TPSA) is 46.2 Å². The zero-order valence-corrected chi connectivity index (χ0v) is 6.76. The van der Waals surface area contributed by atoms with Crippen LogP contribution in [0.4, 0.5) is 4.39 Å². The lowest BCUT2D eigenvalue weighted by Crippen LogP contribution is -2.03. The zero-order chi connectivity index (χ0) is 8.97. The summed E-state index contributed by atoms with van der Waals surface area (Å²) in [7, 11) is 0. The van der Waals surface area contributed by atoms with E-state index in [1.54, 1.807) is 12.1 Å². The molecule has 0 bridgehead atoms. The molecule has 0 aliphatic carbocycles. The summed E-state index contributed by atoms with van der Waals surface area (Å²) in [5, 5.41) is 8.74. The van der Waals surface area contributed by atoms with Gasteiger partial charge in [-0.3, -0.25) is 0 Å². The van der Waals surface area contributed by atoms with E-state index in [2.05, 4.69) is 0 Å². The first kappa shape index (κ1) is 9.16. The van der Waals surface area contributed by atoms with Crippen LogP contribution in [0.3, 0.4) is 0 Å². The van der Waals surface area contributed by atoms with E-state index in [-0.39, 0.29) is 12.4 Å². The average Bonchev–Trinajstić information content (AvgIpc) is 2.09. The number of benzene rings is 1. The first-order valence-electron chi connectivity index (χ1n) is 3.86. The predicted molar refractivity (Wildman–Crippen MR) is 45.1 cm³/mol. The maximum atomic E-state index is 12.8. The van der Waals surface area contributed by atoms with E-state index in [0.717, 1.165) is 5.56 Å². The maximum Gasteiger partial charge on any atom is 0.128 e. The van der Waals surface area contributed by atoms with Gasteiger partial charge in [-0.2, -0.15) is 0 Å². The molecule has 0 aliphatic heterocycles. The Balaban J connectivity index is 2.89. The number of halogens is 1.